The highest BCUT2D eigenvalue weighted by Gasteiger charge is 2.11. The van der Waals surface area contributed by atoms with E-state index in [1.54, 1.807) is 31.2 Å². The van der Waals surface area contributed by atoms with E-state index in [4.69, 9.17) is 16.7 Å². The Kier molecular flexibility index (Phi) is 4.26. The zero-order valence-corrected chi connectivity index (χ0v) is 9.44. The van der Waals surface area contributed by atoms with Gasteiger partial charge in [-0.2, -0.15) is 0 Å². The maximum atomic E-state index is 11.6. The van der Waals surface area contributed by atoms with Crippen LogP contribution in [0.5, 0.6) is 0 Å². The number of benzene rings is 1. The first-order valence-electron chi connectivity index (χ1n) is 4.70. The molecule has 0 aliphatic heterocycles. The van der Waals surface area contributed by atoms with Crippen molar-refractivity contribution < 1.29 is 14.7 Å². The monoisotopic (exact) mass is 238 g/mol. The van der Waals surface area contributed by atoms with E-state index < -0.39 is 11.3 Å². The molecule has 1 unspecified atom stereocenters. The topological polar surface area (TPSA) is 54.4 Å². The van der Waals surface area contributed by atoms with Gasteiger partial charge in [0.1, 0.15) is 0 Å². The molecule has 3 nitrogen and oxygen atoms in total. The first-order valence-corrected chi connectivity index (χ1v) is 5.13. The van der Waals surface area contributed by atoms with Crippen molar-refractivity contribution in [2.45, 2.75) is 12.3 Å². The molecule has 16 heavy (non-hydrogen) atoms. The summed E-state index contributed by atoms with van der Waals surface area (Å²) in [4.78, 5) is 21.9. The smallest absolute Gasteiger partial charge is 0.328 e. The molecular weight excluding hydrogens is 228 g/mol. The van der Waals surface area contributed by atoms with Gasteiger partial charge < -0.3 is 5.11 Å². The van der Waals surface area contributed by atoms with E-state index in [-0.39, 0.29) is 5.78 Å². The summed E-state index contributed by atoms with van der Waals surface area (Å²) in [6.07, 6.45) is 2.45. The lowest BCUT2D eigenvalue weighted by atomic mass is 10.1. The quantitative estimate of drug-likeness (QED) is 0.498. The van der Waals surface area contributed by atoms with E-state index in [2.05, 4.69) is 0 Å². The summed E-state index contributed by atoms with van der Waals surface area (Å²) in [6.45, 7) is 1.60. The van der Waals surface area contributed by atoms with E-state index in [1.807, 2.05) is 0 Å². The molecule has 0 bridgehead atoms. The van der Waals surface area contributed by atoms with Crippen molar-refractivity contribution in [3.63, 3.8) is 0 Å². The number of ketones is 1. The summed E-state index contributed by atoms with van der Waals surface area (Å²) < 4.78 is 0. The highest BCUT2D eigenvalue weighted by Crippen LogP contribution is 2.11. The van der Waals surface area contributed by atoms with Crippen LogP contribution in [0, 0.1) is 0 Å². The molecule has 0 saturated heterocycles. The van der Waals surface area contributed by atoms with Gasteiger partial charge in [0.15, 0.2) is 5.78 Å². The van der Waals surface area contributed by atoms with Crippen molar-refractivity contribution >= 4 is 29.4 Å². The standard InChI is InChI=1S/C12H11ClO3/c1-8(13)12(16)10-4-2-3-9(7-10)5-6-11(14)15/h2-8H,1H3,(H,14,15). The van der Waals surface area contributed by atoms with Gasteiger partial charge in [0.2, 0.25) is 0 Å². The molecule has 1 aromatic rings. The molecule has 1 atom stereocenters. The predicted molar refractivity (Wildman–Crippen MR) is 62.8 cm³/mol. The number of Topliss-reactive ketones (excluding diaryl/α,β-unsaturated/α-hetero) is 1. The fourth-order valence-corrected chi connectivity index (χ4v) is 1.32. The molecule has 0 aliphatic carbocycles. The summed E-state index contributed by atoms with van der Waals surface area (Å²) in [7, 11) is 0. The minimum absolute atomic E-state index is 0.174. The van der Waals surface area contributed by atoms with Gasteiger partial charge in [-0.15, -0.1) is 11.6 Å². The van der Waals surface area contributed by atoms with Crippen LogP contribution in [0.15, 0.2) is 30.3 Å². The van der Waals surface area contributed by atoms with Crippen LogP contribution >= 0.6 is 11.6 Å². The minimum atomic E-state index is -1.03. The first-order chi connectivity index (χ1) is 7.50. The van der Waals surface area contributed by atoms with Crippen LogP contribution in [0.3, 0.4) is 0 Å². The van der Waals surface area contributed by atoms with Crippen LogP contribution in [-0.2, 0) is 4.79 Å². The molecule has 0 saturated carbocycles. The Morgan fingerprint density at radius 3 is 2.69 bits per heavy atom. The summed E-state index contributed by atoms with van der Waals surface area (Å²) in [5, 5.41) is 7.88. The van der Waals surface area contributed by atoms with Crippen LogP contribution < -0.4 is 0 Å². The second-order valence-electron chi connectivity index (χ2n) is 3.28. The molecular formula is C12H11ClO3. The zero-order chi connectivity index (χ0) is 12.1. The molecule has 0 aromatic heterocycles. The van der Waals surface area contributed by atoms with Gasteiger partial charge in [0.25, 0.3) is 0 Å². The summed E-state index contributed by atoms with van der Waals surface area (Å²) >= 11 is 5.68. The van der Waals surface area contributed by atoms with Gasteiger partial charge in [-0.3, -0.25) is 4.79 Å². The second-order valence-corrected chi connectivity index (χ2v) is 3.93. The lowest BCUT2D eigenvalue weighted by molar-refractivity contribution is -0.131. The van der Waals surface area contributed by atoms with Gasteiger partial charge >= 0.3 is 5.97 Å². The fourth-order valence-electron chi connectivity index (χ4n) is 1.19. The number of aliphatic carboxylic acids is 1. The average Bonchev–Trinajstić information content (AvgIpc) is 2.25. The number of carbonyl (C=O) groups is 2. The lowest BCUT2D eigenvalue weighted by Gasteiger charge is -2.03. The molecule has 1 rings (SSSR count). The molecule has 0 fully saturated rings. The summed E-state index contributed by atoms with van der Waals surface area (Å²) in [5.41, 5.74) is 1.14. The Labute approximate surface area is 98.4 Å². The summed E-state index contributed by atoms with van der Waals surface area (Å²) in [6, 6.07) is 6.67. The SMILES string of the molecule is CC(Cl)C(=O)c1cccc(C=CC(=O)O)c1. The molecule has 0 spiro atoms. The molecule has 0 amide bonds. The number of carboxylic acids is 1. The Bertz CT molecular complexity index is 436. The third-order valence-corrected chi connectivity index (χ3v) is 2.15. The Balaban J connectivity index is 2.95. The largest absolute Gasteiger partial charge is 0.478 e. The van der Waals surface area contributed by atoms with Crippen LogP contribution in [0.1, 0.15) is 22.8 Å². The second kappa shape index (κ2) is 5.47. The average molecular weight is 239 g/mol. The van der Waals surface area contributed by atoms with Crippen molar-refractivity contribution in [2.75, 3.05) is 0 Å². The van der Waals surface area contributed by atoms with Crippen molar-refractivity contribution in [3.05, 3.63) is 41.5 Å². The highest BCUT2D eigenvalue weighted by molar-refractivity contribution is 6.33. The highest BCUT2D eigenvalue weighted by atomic mass is 35.5. The predicted octanol–water partition coefficient (Wildman–Crippen LogP) is 2.59. The van der Waals surface area contributed by atoms with Crippen LogP contribution in [0.4, 0.5) is 0 Å². The van der Waals surface area contributed by atoms with Crippen LogP contribution in [0.25, 0.3) is 6.08 Å². The number of halogens is 1. The van der Waals surface area contributed by atoms with Gasteiger partial charge in [0, 0.05) is 11.6 Å². The molecule has 1 N–H and O–H groups in total. The van der Waals surface area contributed by atoms with E-state index in [0.717, 1.165) is 6.08 Å². The zero-order valence-electron chi connectivity index (χ0n) is 8.68. The number of rotatable bonds is 4. The van der Waals surface area contributed by atoms with Gasteiger partial charge in [-0.1, -0.05) is 18.2 Å². The first kappa shape index (κ1) is 12.5. The van der Waals surface area contributed by atoms with E-state index >= 15 is 0 Å². The number of carbonyl (C=O) groups excluding carboxylic acids is 1. The molecule has 1 aromatic carbocycles. The van der Waals surface area contributed by atoms with Crippen molar-refractivity contribution in [2.24, 2.45) is 0 Å². The van der Waals surface area contributed by atoms with Crippen LogP contribution in [-0.4, -0.2) is 22.2 Å². The molecule has 0 radical (unpaired) electrons. The molecule has 84 valence electrons. The Morgan fingerprint density at radius 1 is 1.44 bits per heavy atom. The Morgan fingerprint density at radius 2 is 2.12 bits per heavy atom. The third kappa shape index (κ3) is 3.51. The molecule has 0 aliphatic rings. The van der Waals surface area contributed by atoms with Gasteiger partial charge in [-0.05, 0) is 24.6 Å². The molecule has 4 heteroatoms. The third-order valence-electron chi connectivity index (χ3n) is 1.95. The lowest BCUT2D eigenvalue weighted by Crippen LogP contribution is -2.10. The van der Waals surface area contributed by atoms with Crippen LogP contribution in [0.2, 0.25) is 0 Å². The van der Waals surface area contributed by atoms with E-state index in [0.29, 0.717) is 11.1 Å². The van der Waals surface area contributed by atoms with E-state index in [1.165, 1.54) is 6.08 Å². The molecule has 0 heterocycles. The van der Waals surface area contributed by atoms with Gasteiger partial charge in [0.05, 0.1) is 5.38 Å². The minimum Gasteiger partial charge on any atom is -0.478 e. The number of hydrogen-bond donors (Lipinski definition) is 1. The maximum absolute atomic E-state index is 11.6. The summed E-state index contributed by atoms with van der Waals surface area (Å²) in [5.74, 6) is -1.20. The number of carboxylic acid groups (broad SMARTS) is 1. The van der Waals surface area contributed by atoms with Gasteiger partial charge in [-0.25, -0.2) is 4.79 Å². The fraction of sp³-hybridized carbons (Fsp3) is 0.167. The van der Waals surface area contributed by atoms with Crippen molar-refractivity contribution in [1.29, 1.82) is 0 Å². The Hall–Kier alpha value is -1.61. The number of hydrogen-bond acceptors (Lipinski definition) is 2. The van der Waals surface area contributed by atoms with Crippen molar-refractivity contribution in [1.82, 2.24) is 0 Å². The maximum Gasteiger partial charge on any atom is 0.328 e. The number of alkyl halides is 1. The van der Waals surface area contributed by atoms with E-state index in [9.17, 15) is 9.59 Å². The van der Waals surface area contributed by atoms with Crippen molar-refractivity contribution in [3.8, 4) is 0 Å². The normalized spacial score (nSPS) is 12.6.